The molecule has 0 amide bonds. The molecule has 1 N–H and O–H groups in total. The Morgan fingerprint density at radius 2 is 2.00 bits per heavy atom. The van der Waals surface area contributed by atoms with Gasteiger partial charge in [0.25, 0.3) is 0 Å². The van der Waals surface area contributed by atoms with Gasteiger partial charge in [-0.2, -0.15) is 0 Å². The van der Waals surface area contributed by atoms with Gasteiger partial charge < -0.3 is 5.32 Å². The van der Waals surface area contributed by atoms with E-state index in [1.165, 1.54) is 17.2 Å². The molecular formula is C17H17BrFN. The van der Waals surface area contributed by atoms with Gasteiger partial charge in [0.05, 0.1) is 0 Å². The van der Waals surface area contributed by atoms with Gasteiger partial charge >= 0.3 is 0 Å². The minimum atomic E-state index is -0.125. The van der Waals surface area contributed by atoms with Gasteiger partial charge in [0, 0.05) is 22.6 Å². The summed E-state index contributed by atoms with van der Waals surface area (Å²) in [6.45, 7) is 0.600. The van der Waals surface area contributed by atoms with Crippen LogP contribution in [0.15, 0.2) is 46.9 Å². The van der Waals surface area contributed by atoms with E-state index in [1.807, 2.05) is 12.1 Å². The summed E-state index contributed by atoms with van der Waals surface area (Å²) < 4.78 is 14.7. The van der Waals surface area contributed by atoms with Gasteiger partial charge in [0.2, 0.25) is 0 Å². The highest BCUT2D eigenvalue weighted by Crippen LogP contribution is 2.25. The topological polar surface area (TPSA) is 12.0 Å². The van der Waals surface area contributed by atoms with E-state index in [-0.39, 0.29) is 5.82 Å². The quantitative estimate of drug-likeness (QED) is 0.886. The van der Waals surface area contributed by atoms with Gasteiger partial charge in [0.15, 0.2) is 0 Å². The summed E-state index contributed by atoms with van der Waals surface area (Å²) in [4.78, 5) is 0. The first-order valence-electron chi connectivity index (χ1n) is 6.96. The Bertz CT molecular complexity index is 612. The molecule has 1 nitrogen and oxygen atoms in total. The Balaban J connectivity index is 1.63. The van der Waals surface area contributed by atoms with Crippen molar-refractivity contribution in [1.82, 2.24) is 5.32 Å². The Labute approximate surface area is 127 Å². The van der Waals surface area contributed by atoms with E-state index in [4.69, 9.17) is 0 Å². The molecule has 1 atom stereocenters. The summed E-state index contributed by atoms with van der Waals surface area (Å²) in [5.41, 5.74) is 3.59. The van der Waals surface area contributed by atoms with Crippen molar-refractivity contribution < 1.29 is 4.39 Å². The third-order valence-corrected chi connectivity index (χ3v) is 4.43. The zero-order valence-corrected chi connectivity index (χ0v) is 12.8. The van der Waals surface area contributed by atoms with Gasteiger partial charge in [-0.05, 0) is 48.6 Å². The Morgan fingerprint density at radius 3 is 2.85 bits per heavy atom. The molecule has 0 aromatic heterocycles. The summed E-state index contributed by atoms with van der Waals surface area (Å²) in [5.74, 6) is -0.125. The van der Waals surface area contributed by atoms with Crippen LogP contribution in [0.3, 0.4) is 0 Å². The van der Waals surface area contributed by atoms with Gasteiger partial charge in [-0.1, -0.05) is 40.2 Å². The van der Waals surface area contributed by atoms with Crippen molar-refractivity contribution in [2.75, 3.05) is 0 Å². The number of hydrogen-bond acceptors (Lipinski definition) is 1. The molecule has 20 heavy (non-hydrogen) atoms. The largest absolute Gasteiger partial charge is 0.309 e. The second-order valence-corrected chi connectivity index (χ2v) is 6.24. The molecular weight excluding hydrogens is 317 g/mol. The molecule has 0 heterocycles. The molecule has 2 aromatic rings. The number of fused-ring (bicyclic) bond motifs is 1. The molecule has 0 saturated carbocycles. The molecule has 3 rings (SSSR count). The highest BCUT2D eigenvalue weighted by molar-refractivity contribution is 9.10. The average molecular weight is 334 g/mol. The van der Waals surface area contributed by atoms with E-state index < -0.39 is 0 Å². The highest BCUT2D eigenvalue weighted by atomic mass is 79.9. The minimum Gasteiger partial charge on any atom is -0.309 e. The fourth-order valence-electron chi connectivity index (χ4n) is 2.79. The van der Waals surface area contributed by atoms with E-state index in [9.17, 15) is 4.39 Å². The maximum Gasteiger partial charge on any atom is 0.127 e. The lowest BCUT2D eigenvalue weighted by Gasteiger charge is -2.26. The van der Waals surface area contributed by atoms with Gasteiger partial charge in [-0.25, -0.2) is 4.39 Å². The lowest BCUT2D eigenvalue weighted by atomic mass is 9.88. The second kappa shape index (κ2) is 6.06. The first-order chi connectivity index (χ1) is 9.72. The van der Waals surface area contributed by atoms with E-state index >= 15 is 0 Å². The monoisotopic (exact) mass is 333 g/mol. The smallest absolute Gasteiger partial charge is 0.127 e. The highest BCUT2D eigenvalue weighted by Gasteiger charge is 2.18. The lowest BCUT2D eigenvalue weighted by molar-refractivity contribution is 0.451. The molecule has 0 radical (unpaired) electrons. The number of benzene rings is 2. The van der Waals surface area contributed by atoms with Crippen LogP contribution >= 0.6 is 15.9 Å². The molecule has 3 heteroatoms. The fraction of sp³-hybridized carbons (Fsp3) is 0.294. The average Bonchev–Trinajstić information content (AvgIpc) is 2.46. The van der Waals surface area contributed by atoms with Crippen molar-refractivity contribution in [1.29, 1.82) is 0 Å². The van der Waals surface area contributed by atoms with Crippen LogP contribution in [0.5, 0.6) is 0 Å². The molecule has 0 saturated heterocycles. The molecule has 0 spiro atoms. The Kier molecular flexibility index (Phi) is 4.18. The van der Waals surface area contributed by atoms with Crippen LogP contribution < -0.4 is 5.32 Å². The van der Waals surface area contributed by atoms with Gasteiger partial charge in [-0.3, -0.25) is 0 Å². The van der Waals surface area contributed by atoms with Crippen LogP contribution in [0, 0.1) is 5.82 Å². The van der Waals surface area contributed by atoms with Crippen LogP contribution in [0.2, 0.25) is 0 Å². The van der Waals surface area contributed by atoms with Gasteiger partial charge in [0.1, 0.15) is 5.82 Å². The molecule has 2 aromatic carbocycles. The second-order valence-electron chi connectivity index (χ2n) is 5.33. The number of rotatable bonds is 3. The summed E-state index contributed by atoms with van der Waals surface area (Å²) in [7, 11) is 0. The number of nitrogens with one attached hydrogen (secondary N) is 1. The van der Waals surface area contributed by atoms with E-state index in [0.717, 1.165) is 29.3 Å². The summed E-state index contributed by atoms with van der Waals surface area (Å²) >= 11 is 3.52. The van der Waals surface area contributed by atoms with Crippen LogP contribution in [0.1, 0.15) is 23.1 Å². The predicted octanol–water partition coefficient (Wildman–Crippen LogP) is 4.24. The predicted molar refractivity (Wildman–Crippen MR) is 83.2 cm³/mol. The number of hydrogen-bond donors (Lipinski definition) is 1. The molecule has 104 valence electrons. The minimum absolute atomic E-state index is 0.125. The standard InChI is InChI=1S/C17H17BrFN/c18-15-7-5-13-10-16(8-6-12(13)9-15)20-11-14-3-1-2-4-17(14)19/h1-5,7,9,16,20H,6,8,10-11H2. The lowest BCUT2D eigenvalue weighted by Crippen LogP contribution is -2.34. The van der Waals surface area contributed by atoms with Crippen LogP contribution in [-0.4, -0.2) is 6.04 Å². The maximum absolute atomic E-state index is 13.6. The van der Waals surface area contributed by atoms with Crippen molar-refractivity contribution in [3.63, 3.8) is 0 Å². The third-order valence-electron chi connectivity index (χ3n) is 3.94. The van der Waals surface area contributed by atoms with Crippen molar-refractivity contribution in [2.24, 2.45) is 0 Å². The first kappa shape index (κ1) is 13.8. The first-order valence-corrected chi connectivity index (χ1v) is 7.76. The molecule has 0 bridgehead atoms. The van der Waals surface area contributed by atoms with E-state index in [0.29, 0.717) is 12.6 Å². The van der Waals surface area contributed by atoms with Gasteiger partial charge in [-0.15, -0.1) is 0 Å². The van der Waals surface area contributed by atoms with Crippen molar-refractivity contribution in [3.8, 4) is 0 Å². The van der Waals surface area contributed by atoms with Crippen molar-refractivity contribution >= 4 is 15.9 Å². The van der Waals surface area contributed by atoms with Crippen molar-refractivity contribution in [3.05, 3.63) is 69.4 Å². The Hall–Kier alpha value is -1.19. The zero-order valence-electron chi connectivity index (χ0n) is 11.2. The molecule has 0 aliphatic heterocycles. The Morgan fingerprint density at radius 1 is 1.15 bits per heavy atom. The SMILES string of the molecule is Fc1ccccc1CNC1CCc2cc(Br)ccc2C1. The summed E-state index contributed by atoms with van der Waals surface area (Å²) in [6.07, 6.45) is 3.22. The van der Waals surface area contributed by atoms with Crippen LogP contribution in [0.4, 0.5) is 4.39 Å². The molecule has 1 aliphatic rings. The molecule has 1 unspecified atom stereocenters. The van der Waals surface area contributed by atoms with E-state index in [1.54, 1.807) is 6.07 Å². The van der Waals surface area contributed by atoms with Crippen molar-refractivity contribution in [2.45, 2.75) is 31.8 Å². The number of aryl methyl sites for hydroxylation is 1. The normalized spacial score (nSPS) is 17.8. The molecule has 0 fully saturated rings. The van der Waals surface area contributed by atoms with Crippen LogP contribution in [0.25, 0.3) is 0 Å². The summed E-state index contributed by atoms with van der Waals surface area (Å²) in [6, 6.07) is 13.9. The summed E-state index contributed by atoms with van der Waals surface area (Å²) in [5, 5.41) is 3.48. The fourth-order valence-corrected chi connectivity index (χ4v) is 3.20. The maximum atomic E-state index is 13.6. The third kappa shape index (κ3) is 3.10. The zero-order chi connectivity index (χ0) is 13.9. The number of halogens is 2. The molecule has 1 aliphatic carbocycles. The van der Waals surface area contributed by atoms with E-state index in [2.05, 4.69) is 39.4 Å². The van der Waals surface area contributed by atoms with Crippen LogP contribution in [-0.2, 0) is 19.4 Å².